The summed E-state index contributed by atoms with van der Waals surface area (Å²) in [4.78, 5) is 27.2. The van der Waals surface area contributed by atoms with Gasteiger partial charge in [0, 0.05) is 9.79 Å². The fourth-order valence-electron chi connectivity index (χ4n) is 2.51. The van der Waals surface area contributed by atoms with E-state index in [-0.39, 0.29) is 18.3 Å². The Balaban J connectivity index is 1.48. The van der Waals surface area contributed by atoms with Gasteiger partial charge >= 0.3 is 5.76 Å². The highest BCUT2D eigenvalue weighted by atomic mass is 32.2. The summed E-state index contributed by atoms with van der Waals surface area (Å²) in [5.41, 5.74) is 0.677. The van der Waals surface area contributed by atoms with E-state index in [1.165, 1.54) is 11.3 Å². The van der Waals surface area contributed by atoms with E-state index in [1.54, 1.807) is 17.8 Å². The number of carbonyl (C=O) groups excluding carboxylic acids is 1. The predicted octanol–water partition coefficient (Wildman–Crippen LogP) is 4.35. The van der Waals surface area contributed by atoms with Crippen molar-refractivity contribution in [2.24, 2.45) is 0 Å². The van der Waals surface area contributed by atoms with Gasteiger partial charge in [0.05, 0.1) is 10.6 Å². The number of hydrogen-bond acceptors (Lipinski definition) is 6. The van der Waals surface area contributed by atoms with Crippen molar-refractivity contribution < 1.29 is 9.21 Å². The molecule has 4 aromatic rings. The van der Waals surface area contributed by atoms with Gasteiger partial charge in [-0.05, 0) is 35.7 Å². The largest absolute Gasteiger partial charge is 0.437 e. The molecule has 4 rings (SSSR count). The normalized spacial score (nSPS) is 10.7. The lowest BCUT2D eigenvalue weighted by molar-refractivity contribution is -0.117. The van der Waals surface area contributed by atoms with E-state index in [1.807, 2.05) is 66.0 Å². The highest BCUT2D eigenvalue weighted by Gasteiger charge is 2.15. The van der Waals surface area contributed by atoms with Crippen molar-refractivity contribution in [3.63, 3.8) is 0 Å². The molecule has 0 spiro atoms. The molecule has 1 N–H and O–H groups in total. The number of rotatable bonds is 6. The van der Waals surface area contributed by atoms with Gasteiger partial charge in [0.15, 0.2) is 0 Å². The third kappa shape index (κ3) is 4.24. The number of anilines is 1. The van der Waals surface area contributed by atoms with Gasteiger partial charge in [-0.2, -0.15) is 4.68 Å². The van der Waals surface area contributed by atoms with Crippen molar-refractivity contribution >= 4 is 34.7 Å². The summed E-state index contributed by atoms with van der Waals surface area (Å²) in [6.07, 6.45) is 0. The summed E-state index contributed by atoms with van der Waals surface area (Å²) in [7, 11) is 0. The Morgan fingerprint density at radius 3 is 2.64 bits per heavy atom. The average Bonchev–Trinajstić information content (AvgIpc) is 3.35. The molecule has 0 atom stereocenters. The third-order valence-corrected chi connectivity index (χ3v) is 5.71. The van der Waals surface area contributed by atoms with Gasteiger partial charge in [0.1, 0.15) is 6.54 Å². The molecular formula is C20H15N3O3S2. The summed E-state index contributed by atoms with van der Waals surface area (Å²) >= 11 is 2.96. The van der Waals surface area contributed by atoms with Gasteiger partial charge in [0.25, 0.3) is 5.89 Å². The summed E-state index contributed by atoms with van der Waals surface area (Å²) in [5, 5.41) is 8.82. The second kappa shape index (κ2) is 8.28. The maximum atomic E-state index is 12.5. The molecule has 0 aliphatic heterocycles. The van der Waals surface area contributed by atoms with Crippen LogP contribution in [0.5, 0.6) is 0 Å². The summed E-state index contributed by atoms with van der Waals surface area (Å²) < 4.78 is 6.16. The number of amides is 1. The van der Waals surface area contributed by atoms with E-state index in [9.17, 15) is 9.59 Å². The first-order valence-electron chi connectivity index (χ1n) is 8.42. The Morgan fingerprint density at radius 2 is 1.86 bits per heavy atom. The minimum Gasteiger partial charge on any atom is -0.387 e. The van der Waals surface area contributed by atoms with E-state index in [2.05, 4.69) is 10.4 Å². The second-order valence-electron chi connectivity index (χ2n) is 5.77. The molecule has 0 aliphatic carbocycles. The van der Waals surface area contributed by atoms with Crippen molar-refractivity contribution in [2.75, 3.05) is 5.32 Å². The van der Waals surface area contributed by atoms with Gasteiger partial charge < -0.3 is 9.73 Å². The van der Waals surface area contributed by atoms with E-state index < -0.39 is 5.76 Å². The quantitative estimate of drug-likeness (QED) is 0.512. The topological polar surface area (TPSA) is 77.1 Å². The first kappa shape index (κ1) is 18.3. The summed E-state index contributed by atoms with van der Waals surface area (Å²) in [6, 6.07) is 21.1. The fraction of sp³-hybridized carbons (Fsp3) is 0.0500. The number of thiophene rings is 1. The van der Waals surface area contributed by atoms with E-state index in [0.717, 1.165) is 19.3 Å². The summed E-state index contributed by atoms with van der Waals surface area (Å²) in [6.45, 7) is -0.224. The molecule has 1 amide bonds. The highest BCUT2D eigenvalue weighted by molar-refractivity contribution is 7.99. The molecular weight excluding hydrogens is 394 g/mol. The number of nitrogens with zero attached hydrogens (tertiary/aromatic N) is 2. The van der Waals surface area contributed by atoms with Crippen LogP contribution in [0.25, 0.3) is 10.8 Å². The zero-order valence-corrected chi connectivity index (χ0v) is 16.2. The Bertz CT molecular complexity index is 1130. The standard InChI is InChI=1S/C20H15N3O3S2/c24-18(13-23-20(25)26-19(22-23)17-11-6-12-27-17)21-15-9-4-5-10-16(15)28-14-7-2-1-3-8-14/h1-12H,13H2,(H,21,24). The molecule has 28 heavy (non-hydrogen) atoms. The number of hydrogen-bond donors (Lipinski definition) is 1. The Morgan fingerprint density at radius 1 is 1.07 bits per heavy atom. The van der Waals surface area contributed by atoms with E-state index in [4.69, 9.17) is 4.42 Å². The maximum Gasteiger partial charge on any atom is 0.437 e. The van der Waals surface area contributed by atoms with E-state index >= 15 is 0 Å². The average molecular weight is 409 g/mol. The SMILES string of the molecule is O=C(Cn1nc(-c2cccs2)oc1=O)Nc1ccccc1Sc1ccccc1. The molecule has 2 aromatic carbocycles. The van der Waals surface area contributed by atoms with Crippen molar-refractivity contribution in [3.05, 3.63) is 82.7 Å². The molecule has 0 aliphatic rings. The molecule has 6 nitrogen and oxygen atoms in total. The zero-order valence-electron chi connectivity index (χ0n) is 14.6. The number of carbonyl (C=O) groups is 1. The van der Waals surface area contributed by atoms with Crippen LogP contribution in [0.3, 0.4) is 0 Å². The molecule has 2 aromatic heterocycles. The van der Waals surface area contributed by atoms with Crippen molar-refractivity contribution in [3.8, 4) is 10.8 Å². The van der Waals surface area contributed by atoms with Crippen LogP contribution < -0.4 is 11.1 Å². The van der Waals surface area contributed by atoms with Crippen LogP contribution in [-0.4, -0.2) is 15.7 Å². The lowest BCUT2D eigenvalue weighted by Gasteiger charge is -2.10. The van der Waals surface area contributed by atoms with Crippen molar-refractivity contribution in [1.29, 1.82) is 0 Å². The van der Waals surface area contributed by atoms with Gasteiger partial charge in [-0.1, -0.05) is 48.2 Å². The highest BCUT2D eigenvalue weighted by Crippen LogP contribution is 2.33. The molecule has 2 heterocycles. The van der Waals surface area contributed by atoms with Crippen LogP contribution in [0.15, 0.2) is 91.1 Å². The van der Waals surface area contributed by atoms with Gasteiger partial charge in [-0.25, -0.2) is 4.79 Å². The molecule has 0 fully saturated rings. The minimum absolute atomic E-state index is 0.216. The number of nitrogens with one attached hydrogen (secondary N) is 1. The van der Waals surface area contributed by atoms with Crippen molar-refractivity contribution in [2.45, 2.75) is 16.3 Å². The molecule has 140 valence electrons. The van der Waals surface area contributed by atoms with Crippen LogP contribution in [0.2, 0.25) is 0 Å². The fourth-order valence-corrected chi connectivity index (χ4v) is 4.07. The van der Waals surface area contributed by atoms with Crippen LogP contribution in [-0.2, 0) is 11.3 Å². The van der Waals surface area contributed by atoms with E-state index in [0.29, 0.717) is 5.69 Å². The summed E-state index contributed by atoms with van der Waals surface area (Å²) in [5.74, 6) is -0.799. The number of benzene rings is 2. The number of para-hydroxylation sites is 1. The lowest BCUT2D eigenvalue weighted by Crippen LogP contribution is -2.26. The number of aromatic nitrogens is 2. The smallest absolute Gasteiger partial charge is 0.387 e. The Hall–Kier alpha value is -3.10. The zero-order chi connectivity index (χ0) is 19.3. The Labute approximate surface area is 168 Å². The first-order valence-corrected chi connectivity index (χ1v) is 10.1. The lowest BCUT2D eigenvalue weighted by atomic mass is 10.3. The molecule has 0 unspecified atom stereocenters. The van der Waals surface area contributed by atoms with Crippen LogP contribution >= 0.6 is 23.1 Å². The van der Waals surface area contributed by atoms with Gasteiger partial charge in [0.2, 0.25) is 5.91 Å². The van der Waals surface area contributed by atoms with Crippen molar-refractivity contribution in [1.82, 2.24) is 9.78 Å². The van der Waals surface area contributed by atoms with Gasteiger partial charge in [-0.3, -0.25) is 4.79 Å². The van der Waals surface area contributed by atoms with Gasteiger partial charge in [-0.15, -0.1) is 16.4 Å². The molecule has 0 bridgehead atoms. The molecule has 0 radical (unpaired) electrons. The molecule has 8 heteroatoms. The van der Waals surface area contributed by atoms with Crippen LogP contribution in [0.1, 0.15) is 0 Å². The Kier molecular flexibility index (Phi) is 5.41. The maximum absolute atomic E-state index is 12.5. The molecule has 0 saturated heterocycles. The third-order valence-electron chi connectivity index (χ3n) is 3.76. The first-order chi connectivity index (χ1) is 13.7. The monoisotopic (exact) mass is 409 g/mol. The minimum atomic E-state index is -0.662. The predicted molar refractivity (Wildman–Crippen MR) is 110 cm³/mol. The molecule has 0 saturated carbocycles. The van der Waals surface area contributed by atoms with Crippen LogP contribution in [0.4, 0.5) is 5.69 Å². The second-order valence-corrected chi connectivity index (χ2v) is 7.83. The van der Waals surface area contributed by atoms with Crippen LogP contribution in [0, 0.1) is 0 Å².